The fourth-order valence-electron chi connectivity index (χ4n) is 9.75. The van der Waals surface area contributed by atoms with Gasteiger partial charge in [-0.1, -0.05) is 61.9 Å². The molecular formula is C31H47IO10. The van der Waals surface area contributed by atoms with Gasteiger partial charge in [0.05, 0.1) is 24.2 Å². The van der Waals surface area contributed by atoms with Crippen LogP contribution in [0.3, 0.4) is 0 Å². The monoisotopic (exact) mass is 704 g/mol. The molecule has 5 fully saturated rings. The van der Waals surface area contributed by atoms with E-state index < -0.39 is 60.6 Å². The third-order valence-electron chi connectivity index (χ3n) is 11.6. The van der Waals surface area contributed by atoms with E-state index in [1.807, 2.05) is 20.8 Å². The number of aliphatic carboxylic acids is 1. The van der Waals surface area contributed by atoms with Crippen LogP contribution in [0.15, 0.2) is 12.2 Å². The molecule has 1 spiro atoms. The van der Waals surface area contributed by atoms with Crippen molar-refractivity contribution in [1.29, 1.82) is 0 Å². The summed E-state index contributed by atoms with van der Waals surface area (Å²) in [6.45, 7) is 12.2. The summed E-state index contributed by atoms with van der Waals surface area (Å²) in [6.07, 6.45) is 1.57. The number of hydrogen-bond acceptors (Lipinski definition) is 9. The molecule has 11 heteroatoms. The zero-order valence-electron chi connectivity index (χ0n) is 25.1. The van der Waals surface area contributed by atoms with Gasteiger partial charge in [0.1, 0.15) is 6.10 Å². The maximum Gasteiger partial charge on any atom is 0.306 e. The summed E-state index contributed by atoms with van der Waals surface area (Å²) in [4.78, 5) is 30.7. The van der Waals surface area contributed by atoms with Crippen LogP contribution in [-0.4, -0.2) is 68.6 Å². The molecule has 0 amide bonds. The molecule has 5 rings (SSSR count). The minimum atomic E-state index is -0.945. The van der Waals surface area contributed by atoms with Gasteiger partial charge < -0.3 is 24.4 Å². The second kappa shape index (κ2) is 12.5. The molecule has 0 aromatic heterocycles. The number of hydrogen-bond donors (Lipinski definition) is 3. The Bertz CT molecular complexity index is 1040. The van der Waals surface area contributed by atoms with Gasteiger partial charge in [-0.2, -0.15) is 4.89 Å². The lowest BCUT2D eigenvalue weighted by molar-refractivity contribution is -0.523. The lowest BCUT2D eigenvalue weighted by atomic mass is 9.43. The fraction of sp³-hybridized carbons (Fsp3) is 0.871. The lowest BCUT2D eigenvalue weighted by Gasteiger charge is -2.62. The average Bonchev–Trinajstić information content (AvgIpc) is 3.10. The fourth-order valence-corrected chi connectivity index (χ4v) is 10.5. The number of carboxylic acids is 1. The van der Waals surface area contributed by atoms with Crippen molar-refractivity contribution in [1.82, 2.24) is 0 Å². The van der Waals surface area contributed by atoms with Crippen LogP contribution in [0.2, 0.25) is 0 Å². The van der Waals surface area contributed by atoms with Gasteiger partial charge in [0.25, 0.3) is 0 Å². The quantitative estimate of drug-likeness (QED) is 0.0561. The van der Waals surface area contributed by atoms with Gasteiger partial charge in [0.15, 0.2) is 12.4 Å². The van der Waals surface area contributed by atoms with Gasteiger partial charge in [-0.25, -0.2) is 5.26 Å². The molecule has 0 radical (unpaired) electrons. The number of aliphatic hydroxyl groups excluding tert-OH is 1. The molecule has 1 aliphatic heterocycles. The molecule has 1 saturated heterocycles. The van der Waals surface area contributed by atoms with Crippen molar-refractivity contribution >= 4 is 34.5 Å². The number of carboxylic acid groups (broad SMARTS) is 1. The molecule has 5 aliphatic rings. The van der Waals surface area contributed by atoms with E-state index in [4.69, 9.17) is 24.4 Å². The first kappa shape index (κ1) is 32.6. The Morgan fingerprint density at radius 3 is 2.57 bits per heavy atom. The van der Waals surface area contributed by atoms with Crippen LogP contribution in [0, 0.1) is 46.3 Å². The van der Waals surface area contributed by atoms with Gasteiger partial charge in [-0.3, -0.25) is 9.59 Å². The standard InChI is InChI=1S/C31H47IO10/c1-15(2)10-24(33)40-26-17(4)25(41-42-37)22(14-32)39-29(26)38-19-11-20(28(35)36)21-8-9-31-12-18(16(3)27(31)34)6-7-23(31)30(21,5)13-19/h15,17-23,25-27,29,34,37H,3,6-14H2,1-2,4-5H3,(H,35,36)/t17-,18?,19?,20?,21?,22?,23?,25?,26?,27?,29?,30?,31?/m0/s1/i32-2. The van der Waals surface area contributed by atoms with Crippen LogP contribution in [0.1, 0.15) is 79.1 Å². The zero-order chi connectivity index (χ0) is 30.6. The van der Waals surface area contributed by atoms with E-state index in [0.29, 0.717) is 23.2 Å². The van der Waals surface area contributed by atoms with Gasteiger partial charge in [0, 0.05) is 22.2 Å². The number of ether oxygens (including phenoxy) is 3. The smallest absolute Gasteiger partial charge is 0.306 e. The van der Waals surface area contributed by atoms with E-state index in [0.717, 1.165) is 37.7 Å². The summed E-state index contributed by atoms with van der Waals surface area (Å²) in [5, 5.41) is 35.0. The molecule has 4 saturated carbocycles. The Morgan fingerprint density at radius 2 is 1.93 bits per heavy atom. The van der Waals surface area contributed by atoms with Crippen LogP contribution in [0.5, 0.6) is 0 Å². The largest absolute Gasteiger partial charge is 0.481 e. The number of carbonyl (C=O) groups excluding carboxylic acids is 1. The Kier molecular flexibility index (Phi) is 9.70. The molecule has 0 aromatic carbocycles. The maximum absolute atomic E-state index is 12.8. The van der Waals surface area contributed by atoms with Gasteiger partial charge in [-0.05, 0) is 79.6 Å². The maximum atomic E-state index is 12.8. The molecular weight excluding hydrogens is 657 g/mol. The minimum Gasteiger partial charge on any atom is -0.481 e. The first-order chi connectivity index (χ1) is 19.9. The van der Waals surface area contributed by atoms with Crippen molar-refractivity contribution < 1.29 is 49.2 Å². The van der Waals surface area contributed by atoms with E-state index in [-0.39, 0.29) is 35.0 Å². The van der Waals surface area contributed by atoms with Crippen LogP contribution < -0.4 is 0 Å². The summed E-state index contributed by atoms with van der Waals surface area (Å²) in [7, 11) is 0. The molecule has 1 heterocycles. The van der Waals surface area contributed by atoms with Gasteiger partial charge in [-0.15, -0.1) is 0 Å². The third-order valence-corrected chi connectivity index (χ3v) is 12.4. The van der Waals surface area contributed by atoms with Crippen LogP contribution in [0.25, 0.3) is 0 Å². The molecule has 13 atom stereocenters. The normalized spacial score (nSPS) is 46.7. The number of esters is 1. The Morgan fingerprint density at radius 1 is 1.19 bits per heavy atom. The highest BCUT2D eigenvalue weighted by Gasteiger charge is 2.67. The second-order valence-electron chi connectivity index (χ2n) is 14.3. The highest BCUT2D eigenvalue weighted by Crippen LogP contribution is 2.70. The third kappa shape index (κ3) is 5.58. The first-order valence-corrected chi connectivity index (χ1v) is 17.0. The number of alkyl halides is 1. The summed E-state index contributed by atoms with van der Waals surface area (Å²) >= 11 is 2.16. The number of fused-ring (bicyclic) bond motifs is 3. The van der Waals surface area contributed by atoms with Crippen LogP contribution >= 0.6 is 22.6 Å². The van der Waals surface area contributed by atoms with Crippen molar-refractivity contribution in [3.63, 3.8) is 0 Å². The molecule has 4 aliphatic carbocycles. The minimum absolute atomic E-state index is 0.0180. The van der Waals surface area contributed by atoms with E-state index in [2.05, 4.69) is 41.1 Å². The van der Waals surface area contributed by atoms with Crippen LogP contribution in [0.4, 0.5) is 0 Å². The number of rotatable bonds is 9. The second-order valence-corrected chi connectivity index (χ2v) is 15.2. The number of aliphatic hydroxyl groups is 1. The SMILES string of the molecule is C=C1C2CCC3C4(C)CC(OC5OC(C[125I])C(OOO)[C@H](C)C5OC(=O)CC(C)C)CC(C(=O)O)C4CCC3(C2)C1O. The zero-order valence-corrected chi connectivity index (χ0v) is 27.2. The van der Waals surface area contributed by atoms with Gasteiger partial charge >= 0.3 is 11.9 Å². The van der Waals surface area contributed by atoms with Crippen molar-refractivity contribution in [2.75, 3.05) is 4.43 Å². The van der Waals surface area contributed by atoms with Crippen molar-refractivity contribution in [3.05, 3.63) is 12.2 Å². The molecule has 0 aromatic rings. The summed E-state index contributed by atoms with van der Waals surface area (Å²) < 4.78 is 19.4. The van der Waals surface area contributed by atoms with Gasteiger partial charge in [0.2, 0.25) is 0 Å². The predicted octanol–water partition coefficient (Wildman–Crippen LogP) is 5.16. The highest BCUT2D eigenvalue weighted by atomic mass is 125. The molecule has 10 nitrogen and oxygen atoms in total. The molecule has 238 valence electrons. The average molecular weight is 705 g/mol. The Labute approximate surface area is 261 Å². The molecule has 3 N–H and O–H groups in total. The van der Waals surface area contributed by atoms with Crippen molar-refractivity contribution in [2.24, 2.45) is 46.3 Å². The summed E-state index contributed by atoms with van der Waals surface area (Å²) in [6, 6.07) is 0. The summed E-state index contributed by atoms with van der Waals surface area (Å²) in [5.74, 6) is -1.67. The molecule has 2 bridgehead atoms. The van der Waals surface area contributed by atoms with Crippen molar-refractivity contribution in [3.8, 4) is 0 Å². The lowest BCUT2D eigenvalue weighted by Crippen LogP contribution is -2.61. The first-order valence-electron chi connectivity index (χ1n) is 15.5. The van der Waals surface area contributed by atoms with E-state index in [9.17, 15) is 19.8 Å². The molecule has 42 heavy (non-hydrogen) atoms. The Balaban J connectivity index is 1.43. The summed E-state index contributed by atoms with van der Waals surface area (Å²) in [5.41, 5.74) is 0.327. The van der Waals surface area contributed by atoms with E-state index >= 15 is 0 Å². The number of halogens is 1. The highest BCUT2D eigenvalue weighted by molar-refractivity contribution is 14.1. The van der Waals surface area contributed by atoms with Crippen molar-refractivity contribution in [2.45, 2.75) is 116 Å². The number of carbonyl (C=O) groups is 2. The van der Waals surface area contributed by atoms with E-state index in [1.54, 1.807) is 0 Å². The van der Waals surface area contributed by atoms with E-state index in [1.165, 1.54) is 0 Å². The molecule has 12 unspecified atom stereocenters. The topological polar surface area (TPSA) is 141 Å². The Hall–Kier alpha value is -0.830. The van der Waals surface area contributed by atoms with Crippen LogP contribution in [-0.2, 0) is 33.7 Å². The predicted molar refractivity (Wildman–Crippen MR) is 159 cm³/mol.